The summed E-state index contributed by atoms with van der Waals surface area (Å²) in [5.74, 6) is 0.969. The van der Waals surface area contributed by atoms with Crippen molar-refractivity contribution in [3.63, 3.8) is 0 Å². The number of rotatable bonds is 1. The number of benzene rings is 2. The molecular formula is C14H14O2Si. The lowest BCUT2D eigenvalue weighted by Crippen LogP contribution is -2.55. The fraction of sp³-hybridized carbons (Fsp3) is 0.143. The molecule has 0 spiro atoms. The first-order chi connectivity index (χ1) is 8.28. The van der Waals surface area contributed by atoms with Crippen LogP contribution in [0.5, 0.6) is 5.75 Å². The monoisotopic (exact) mass is 242 g/mol. The van der Waals surface area contributed by atoms with E-state index in [4.69, 9.17) is 8.85 Å². The molecule has 1 heterocycles. The minimum atomic E-state index is -2.26. The molecule has 0 aromatic heterocycles. The molecule has 2 aromatic rings. The Labute approximate surface area is 102 Å². The number of para-hydroxylation sites is 1. The van der Waals surface area contributed by atoms with Crippen LogP contribution < -0.4 is 9.61 Å². The lowest BCUT2D eigenvalue weighted by atomic mass is 10.2. The van der Waals surface area contributed by atoms with Crippen LogP contribution in [0.2, 0.25) is 6.55 Å². The predicted molar refractivity (Wildman–Crippen MR) is 69.6 cm³/mol. The van der Waals surface area contributed by atoms with Gasteiger partial charge in [-0.3, -0.25) is 0 Å². The van der Waals surface area contributed by atoms with E-state index in [1.807, 2.05) is 42.5 Å². The van der Waals surface area contributed by atoms with Crippen LogP contribution in [0.1, 0.15) is 5.56 Å². The summed E-state index contributed by atoms with van der Waals surface area (Å²) in [6.07, 6.45) is 0. The van der Waals surface area contributed by atoms with Gasteiger partial charge in [-0.1, -0.05) is 48.5 Å². The van der Waals surface area contributed by atoms with Gasteiger partial charge in [0.25, 0.3) is 0 Å². The second-order valence-electron chi connectivity index (χ2n) is 4.31. The van der Waals surface area contributed by atoms with Gasteiger partial charge in [-0.05, 0) is 12.6 Å². The maximum Gasteiger partial charge on any atom is 0.430 e. The zero-order chi connectivity index (χ0) is 11.7. The van der Waals surface area contributed by atoms with Crippen molar-refractivity contribution in [1.82, 2.24) is 0 Å². The van der Waals surface area contributed by atoms with Crippen molar-refractivity contribution in [1.29, 1.82) is 0 Å². The predicted octanol–water partition coefficient (Wildman–Crippen LogP) is 2.57. The van der Waals surface area contributed by atoms with Crippen molar-refractivity contribution < 1.29 is 8.85 Å². The van der Waals surface area contributed by atoms with Crippen LogP contribution in [0.25, 0.3) is 0 Å². The van der Waals surface area contributed by atoms with Crippen molar-refractivity contribution in [2.45, 2.75) is 13.2 Å². The molecule has 2 nitrogen and oxygen atoms in total. The Morgan fingerprint density at radius 2 is 1.65 bits per heavy atom. The quantitative estimate of drug-likeness (QED) is 0.716. The summed E-state index contributed by atoms with van der Waals surface area (Å²) in [4.78, 5) is 0. The standard InChI is InChI=1S/C14H14O2Si/c1-17(13-8-3-2-4-9-13)15-11-12-7-5-6-10-14(12)16-17/h2-10H,11H2,1H3. The van der Waals surface area contributed by atoms with E-state index in [0.717, 1.165) is 11.3 Å². The topological polar surface area (TPSA) is 18.5 Å². The van der Waals surface area contributed by atoms with E-state index in [1.165, 1.54) is 5.19 Å². The van der Waals surface area contributed by atoms with Crippen LogP contribution in [0.15, 0.2) is 54.6 Å². The van der Waals surface area contributed by atoms with E-state index in [1.54, 1.807) is 0 Å². The van der Waals surface area contributed by atoms with Crippen molar-refractivity contribution in [2.24, 2.45) is 0 Å². The van der Waals surface area contributed by atoms with Gasteiger partial charge in [0.2, 0.25) is 0 Å². The van der Waals surface area contributed by atoms with Gasteiger partial charge in [0, 0.05) is 10.8 Å². The van der Waals surface area contributed by atoms with E-state index in [9.17, 15) is 0 Å². The Kier molecular flexibility index (Phi) is 2.50. The highest BCUT2D eigenvalue weighted by atomic mass is 28.4. The third-order valence-corrected chi connectivity index (χ3v) is 5.77. The van der Waals surface area contributed by atoms with Crippen LogP contribution in [-0.2, 0) is 11.0 Å². The van der Waals surface area contributed by atoms with Crippen molar-refractivity contribution in [3.8, 4) is 5.75 Å². The molecule has 0 saturated heterocycles. The van der Waals surface area contributed by atoms with Gasteiger partial charge < -0.3 is 8.85 Å². The highest BCUT2D eigenvalue weighted by Crippen LogP contribution is 2.28. The normalized spacial score (nSPS) is 22.6. The summed E-state index contributed by atoms with van der Waals surface area (Å²) in [6, 6.07) is 18.3. The Morgan fingerprint density at radius 1 is 0.941 bits per heavy atom. The number of fused-ring (bicyclic) bond motifs is 1. The Morgan fingerprint density at radius 3 is 2.47 bits per heavy atom. The van der Waals surface area contributed by atoms with Crippen LogP contribution in [0, 0.1) is 0 Å². The molecule has 1 atom stereocenters. The molecular weight excluding hydrogens is 228 g/mol. The molecule has 86 valence electrons. The maximum atomic E-state index is 6.12. The largest absolute Gasteiger partial charge is 0.517 e. The van der Waals surface area contributed by atoms with Crippen molar-refractivity contribution >= 4 is 13.7 Å². The van der Waals surface area contributed by atoms with Gasteiger partial charge >= 0.3 is 8.56 Å². The SMILES string of the molecule is C[Si]1(c2ccccc2)OCc2ccccc2O1. The zero-order valence-electron chi connectivity index (χ0n) is 9.72. The fourth-order valence-corrected chi connectivity index (χ4v) is 4.25. The fourth-order valence-electron chi connectivity index (χ4n) is 2.06. The van der Waals surface area contributed by atoms with E-state index in [-0.39, 0.29) is 0 Å². The van der Waals surface area contributed by atoms with E-state index >= 15 is 0 Å². The van der Waals surface area contributed by atoms with Gasteiger partial charge in [-0.2, -0.15) is 0 Å². The molecule has 3 heteroatoms. The Balaban J connectivity index is 1.98. The first-order valence-corrected chi connectivity index (χ1v) is 8.06. The molecule has 1 unspecified atom stereocenters. The minimum absolute atomic E-state index is 0.647. The molecule has 0 bridgehead atoms. The van der Waals surface area contributed by atoms with E-state index in [0.29, 0.717) is 6.61 Å². The number of hydrogen-bond donors (Lipinski definition) is 0. The molecule has 0 fully saturated rings. The van der Waals surface area contributed by atoms with E-state index in [2.05, 4.69) is 18.7 Å². The molecule has 17 heavy (non-hydrogen) atoms. The summed E-state index contributed by atoms with van der Waals surface area (Å²) in [5.41, 5.74) is 1.13. The van der Waals surface area contributed by atoms with Crippen LogP contribution in [-0.4, -0.2) is 8.56 Å². The number of hydrogen-bond acceptors (Lipinski definition) is 2. The lowest BCUT2D eigenvalue weighted by Gasteiger charge is -2.33. The van der Waals surface area contributed by atoms with Gasteiger partial charge in [-0.25, -0.2) is 0 Å². The van der Waals surface area contributed by atoms with Crippen molar-refractivity contribution in [2.75, 3.05) is 0 Å². The Hall–Kier alpha value is -1.58. The van der Waals surface area contributed by atoms with Gasteiger partial charge in [0.1, 0.15) is 5.75 Å². The second kappa shape index (κ2) is 4.02. The van der Waals surface area contributed by atoms with E-state index < -0.39 is 8.56 Å². The van der Waals surface area contributed by atoms with Crippen LogP contribution in [0.3, 0.4) is 0 Å². The summed E-state index contributed by atoms with van der Waals surface area (Å²) in [7, 11) is -2.26. The molecule has 2 aromatic carbocycles. The van der Waals surface area contributed by atoms with Crippen LogP contribution >= 0.6 is 0 Å². The Bertz CT molecular complexity index is 527. The average Bonchev–Trinajstić information content (AvgIpc) is 2.40. The molecule has 1 aliphatic rings. The smallest absolute Gasteiger partial charge is 0.430 e. The first kappa shape index (κ1) is 10.6. The molecule has 0 aliphatic carbocycles. The van der Waals surface area contributed by atoms with Gasteiger partial charge in [0.05, 0.1) is 6.61 Å². The lowest BCUT2D eigenvalue weighted by molar-refractivity contribution is 0.217. The maximum absolute atomic E-state index is 6.12. The third-order valence-electron chi connectivity index (χ3n) is 3.08. The third kappa shape index (κ3) is 1.88. The molecule has 0 radical (unpaired) electrons. The molecule has 0 amide bonds. The highest BCUT2D eigenvalue weighted by molar-refractivity contribution is 6.80. The summed E-state index contributed by atoms with van der Waals surface area (Å²) in [5, 5.41) is 1.18. The first-order valence-electron chi connectivity index (χ1n) is 5.74. The van der Waals surface area contributed by atoms with Gasteiger partial charge in [0.15, 0.2) is 0 Å². The summed E-state index contributed by atoms with van der Waals surface area (Å²) in [6.45, 7) is 2.74. The molecule has 1 aliphatic heterocycles. The summed E-state index contributed by atoms with van der Waals surface area (Å²) < 4.78 is 12.1. The highest BCUT2D eigenvalue weighted by Gasteiger charge is 2.39. The zero-order valence-corrected chi connectivity index (χ0v) is 10.7. The van der Waals surface area contributed by atoms with Crippen molar-refractivity contribution in [3.05, 3.63) is 60.2 Å². The minimum Gasteiger partial charge on any atom is -0.517 e. The summed E-state index contributed by atoms with van der Waals surface area (Å²) >= 11 is 0. The molecule has 0 N–H and O–H groups in total. The van der Waals surface area contributed by atoms with Crippen LogP contribution in [0.4, 0.5) is 0 Å². The molecule has 3 rings (SSSR count). The molecule has 0 saturated carbocycles. The average molecular weight is 242 g/mol. The van der Waals surface area contributed by atoms with Gasteiger partial charge in [-0.15, -0.1) is 0 Å². The second-order valence-corrected chi connectivity index (χ2v) is 7.27.